The second-order valence-corrected chi connectivity index (χ2v) is 9.10. The Labute approximate surface area is 177 Å². The van der Waals surface area contributed by atoms with Crippen molar-refractivity contribution in [1.29, 1.82) is 0 Å². The van der Waals surface area contributed by atoms with Gasteiger partial charge in [-0.1, -0.05) is 5.16 Å². The molecule has 12 heteroatoms. The first-order valence-electron chi connectivity index (χ1n) is 8.16. The average Bonchev–Trinajstić information content (AvgIpc) is 3.44. The molecule has 0 amide bonds. The van der Waals surface area contributed by atoms with E-state index in [9.17, 15) is 0 Å². The first-order chi connectivity index (χ1) is 13.7. The van der Waals surface area contributed by atoms with Gasteiger partial charge in [0.15, 0.2) is 26.2 Å². The highest BCUT2D eigenvalue weighted by atomic mass is 32.1. The zero-order chi connectivity index (χ0) is 19.3. The van der Waals surface area contributed by atoms with Crippen molar-refractivity contribution in [2.45, 2.75) is 20.0 Å². The maximum absolute atomic E-state index is 5.50. The number of hydrogen-bond acceptors (Lipinski definition) is 12. The first kappa shape index (κ1) is 18.9. The van der Waals surface area contributed by atoms with Crippen LogP contribution in [0.2, 0.25) is 0 Å². The van der Waals surface area contributed by atoms with E-state index in [1.807, 2.05) is 35.4 Å². The van der Waals surface area contributed by atoms with Gasteiger partial charge < -0.3 is 15.5 Å². The number of hydrogen-bond donors (Lipinski definition) is 2. The highest BCUT2D eigenvalue weighted by Gasteiger charge is 2.17. The number of thiazole rings is 4. The van der Waals surface area contributed by atoms with E-state index in [0.29, 0.717) is 17.1 Å². The van der Waals surface area contributed by atoms with Gasteiger partial charge in [0.2, 0.25) is 0 Å². The minimum absolute atomic E-state index is 0.0481. The number of nitrogens with zero attached hydrogens (tertiary/aromatic N) is 5. The Bertz CT molecular complexity index is 961. The molecule has 4 heterocycles. The van der Waals surface area contributed by atoms with Gasteiger partial charge in [-0.2, -0.15) is 0 Å². The van der Waals surface area contributed by atoms with Crippen molar-refractivity contribution in [1.82, 2.24) is 19.9 Å². The maximum Gasteiger partial charge on any atom is 0.189 e. The van der Waals surface area contributed by atoms with Crippen LogP contribution in [0.1, 0.15) is 25.2 Å². The van der Waals surface area contributed by atoms with Crippen LogP contribution in [-0.4, -0.2) is 31.8 Å². The number of oxime groups is 1. The van der Waals surface area contributed by atoms with Crippen molar-refractivity contribution in [3.63, 3.8) is 0 Å². The third-order valence-corrected chi connectivity index (χ3v) is 6.03. The Hall–Kier alpha value is -2.41. The van der Waals surface area contributed by atoms with Crippen LogP contribution in [0, 0.1) is 0 Å². The van der Waals surface area contributed by atoms with Crippen LogP contribution in [0.25, 0.3) is 0 Å². The van der Waals surface area contributed by atoms with Crippen molar-refractivity contribution < 1.29 is 4.84 Å². The molecule has 4 aromatic rings. The van der Waals surface area contributed by atoms with Crippen LogP contribution in [-0.2, 0) is 4.84 Å². The molecule has 0 aliphatic rings. The Morgan fingerprint density at radius 2 is 1.39 bits per heavy atom. The smallest absolute Gasteiger partial charge is 0.189 e. The molecule has 0 unspecified atom stereocenters. The topological polar surface area (TPSA) is 97.2 Å². The molecule has 8 nitrogen and oxygen atoms in total. The van der Waals surface area contributed by atoms with Crippen molar-refractivity contribution in [2.75, 3.05) is 10.6 Å². The molecule has 0 radical (unpaired) electrons. The van der Waals surface area contributed by atoms with Crippen molar-refractivity contribution >= 4 is 71.6 Å². The summed E-state index contributed by atoms with van der Waals surface area (Å²) < 4.78 is 0. The molecule has 0 aliphatic carbocycles. The van der Waals surface area contributed by atoms with Crippen LogP contribution in [0.4, 0.5) is 20.5 Å². The van der Waals surface area contributed by atoms with Crippen molar-refractivity contribution in [3.8, 4) is 0 Å². The second-order valence-electron chi connectivity index (χ2n) is 5.59. The predicted octanol–water partition coefficient (Wildman–Crippen LogP) is 5.18. The van der Waals surface area contributed by atoms with E-state index in [2.05, 4.69) is 35.7 Å². The fourth-order valence-corrected chi connectivity index (χ4v) is 4.59. The van der Waals surface area contributed by atoms with Gasteiger partial charge in [-0.3, -0.25) is 0 Å². The lowest BCUT2D eigenvalue weighted by Gasteiger charge is -2.05. The third-order valence-electron chi connectivity index (χ3n) is 3.14. The normalized spacial score (nSPS) is 10.8. The summed E-state index contributed by atoms with van der Waals surface area (Å²) in [4.78, 5) is 23.2. The third kappa shape index (κ3) is 4.70. The van der Waals surface area contributed by atoms with Crippen LogP contribution in [0.15, 0.2) is 39.1 Å². The van der Waals surface area contributed by atoms with Gasteiger partial charge in [-0.25, -0.2) is 19.9 Å². The van der Waals surface area contributed by atoms with Crippen molar-refractivity contribution in [2.24, 2.45) is 5.16 Å². The molecule has 2 N–H and O–H groups in total. The highest BCUT2D eigenvalue weighted by molar-refractivity contribution is 7.16. The second kappa shape index (κ2) is 8.73. The summed E-state index contributed by atoms with van der Waals surface area (Å²) in [5.41, 5.74) is 1.96. The molecule has 0 saturated carbocycles. The molecule has 0 bridgehead atoms. The quantitative estimate of drug-likeness (QED) is 0.283. The van der Waals surface area contributed by atoms with Gasteiger partial charge in [-0.15, -0.1) is 45.3 Å². The van der Waals surface area contributed by atoms with E-state index < -0.39 is 0 Å². The van der Waals surface area contributed by atoms with Crippen LogP contribution in [0.3, 0.4) is 0 Å². The summed E-state index contributed by atoms with van der Waals surface area (Å²) in [5.74, 6) is 0. The molecule has 4 aromatic heterocycles. The average molecular weight is 450 g/mol. The van der Waals surface area contributed by atoms with Crippen LogP contribution >= 0.6 is 45.3 Å². The summed E-state index contributed by atoms with van der Waals surface area (Å²) in [7, 11) is 0. The minimum atomic E-state index is -0.0481. The van der Waals surface area contributed by atoms with Crippen LogP contribution < -0.4 is 10.6 Å². The molecule has 0 saturated heterocycles. The van der Waals surface area contributed by atoms with Crippen molar-refractivity contribution in [3.05, 3.63) is 45.3 Å². The number of nitrogens with one attached hydrogen (secondary N) is 2. The van der Waals surface area contributed by atoms with Crippen LogP contribution in [0.5, 0.6) is 0 Å². The van der Waals surface area contributed by atoms with Gasteiger partial charge in [0.1, 0.15) is 17.5 Å². The Morgan fingerprint density at radius 1 is 0.857 bits per heavy atom. The van der Waals surface area contributed by atoms with E-state index in [-0.39, 0.29) is 6.10 Å². The van der Waals surface area contributed by atoms with E-state index in [0.717, 1.165) is 20.5 Å². The lowest BCUT2D eigenvalue weighted by Crippen LogP contribution is -2.08. The largest absolute Gasteiger partial charge is 0.392 e. The molecule has 4 rings (SSSR count). The number of anilines is 4. The van der Waals surface area contributed by atoms with E-state index >= 15 is 0 Å². The van der Waals surface area contributed by atoms with Gasteiger partial charge in [0, 0.05) is 33.9 Å². The summed E-state index contributed by atoms with van der Waals surface area (Å²) in [6.45, 7) is 3.85. The molecule has 144 valence electrons. The molecule has 0 spiro atoms. The number of aromatic nitrogens is 4. The Morgan fingerprint density at radius 3 is 1.82 bits per heavy atom. The molecule has 28 heavy (non-hydrogen) atoms. The highest BCUT2D eigenvalue weighted by Crippen LogP contribution is 2.27. The van der Waals surface area contributed by atoms with E-state index in [1.54, 1.807) is 12.4 Å². The first-order valence-corrected chi connectivity index (χ1v) is 11.7. The fourth-order valence-electron chi connectivity index (χ4n) is 2.02. The fraction of sp³-hybridized carbons (Fsp3) is 0.188. The predicted molar refractivity (Wildman–Crippen MR) is 117 cm³/mol. The molecule has 0 aliphatic heterocycles. The van der Waals surface area contributed by atoms with E-state index in [1.165, 1.54) is 45.3 Å². The lowest BCUT2D eigenvalue weighted by atomic mass is 10.2. The lowest BCUT2D eigenvalue weighted by molar-refractivity contribution is 0.0862. The summed E-state index contributed by atoms with van der Waals surface area (Å²) in [5, 5.41) is 21.4. The van der Waals surface area contributed by atoms with Gasteiger partial charge in [0.05, 0.1) is 0 Å². The minimum Gasteiger partial charge on any atom is -0.392 e. The Kier molecular flexibility index (Phi) is 5.90. The molecule has 0 fully saturated rings. The standard InChI is InChI=1S/C16H15N7OS4/c1-9(2)24-23-12(10-7-27-15(19-10)21-13-17-3-5-25-13)11-8-28-16(20-11)22-14-18-4-6-26-14/h3-9H,1-2H3,(H,17,19,21)(H,18,20,22). The van der Waals surface area contributed by atoms with Gasteiger partial charge in [0.25, 0.3) is 0 Å². The molecule has 0 aromatic carbocycles. The zero-order valence-electron chi connectivity index (χ0n) is 14.8. The maximum atomic E-state index is 5.50. The van der Waals surface area contributed by atoms with E-state index in [4.69, 9.17) is 4.84 Å². The Balaban J connectivity index is 1.58. The summed E-state index contributed by atoms with van der Waals surface area (Å²) >= 11 is 5.98. The SMILES string of the molecule is CC(C)ON=C(c1csc(Nc2nccs2)n1)c1csc(Nc2nccs2)n1. The summed E-state index contributed by atoms with van der Waals surface area (Å²) in [6.07, 6.45) is 3.45. The van der Waals surface area contributed by atoms with Gasteiger partial charge >= 0.3 is 0 Å². The molecule has 0 atom stereocenters. The van der Waals surface area contributed by atoms with Gasteiger partial charge in [-0.05, 0) is 13.8 Å². The molecular weight excluding hydrogens is 434 g/mol. The number of rotatable bonds is 8. The summed E-state index contributed by atoms with van der Waals surface area (Å²) in [6, 6.07) is 0. The monoisotopic (exact) mass is 449 g/mol. The zero-order valence-corrected chi connectivity index (χ0v) is 18.1. The molecular formula is C16H15N7OS4.